The molecule has 0 aromatic rings. The molecular formula is C8H13CaNO5S. The third-order valence-electron chi connectivity index (χ3n) is 2.31. The molecule has 0 spiro atoms. The van der Waals surface area contributed by atoms with Crippen LogP contribution >= 0.6 is 11.8 Å². The summed E-state index contributed by atoms with van der Waals surface area (Å²) in [7, 11) is 0. The Kier molecular flexibility index (Phi) is 5.58. The molecule has 0 aliphatic carbocycles. The SMILES string of the molecule is CC(=O)N1C(C(=O)O)CSC1(C)C(=O)O.[CaH2]. The van der Waals surface area contributed by atoms with Crippen LogP contribution in [0.25, 0.3) is 0 Å². The summed E-state index contributed by atoms with van der Waals surface area (Å²) in [5, 5.41) is 17.8. The molecule has 1 amide bonds. The molecule has 0 bridgehead atoms. The van der Waals surface area contributed by atoms with Gasteiger partial charge in [-0.3, -0.25) is 4.79 Å². The molecule has 16 heavy (non-hydrogen) atoms. The van der Waals surface area contributed by atoms with Gasteiger partial charge in [-0.2, -0.15) is 0 Å². The van der Waals surface area contributed by atoms with Crippen molar-refractivity contribution >= 4 is 67.3 Å². The summed E-state index contributed by atoms with van der Waals surface area (Å²) in [6.07, 6.45) is 0. The minimum atomic E-state index is -1.48. The zero-order valence-corrected chi connectivity index (χ0v) is 9.08. The molecule has 1 fully saturated rings. The molecule has 0 aromatic heterocycles. The molecule has 1 aliphatic rings. The number of carbonyl (C=O) groups is 3. The fourth-order valence-electron chi connectivity index (χ4n) is 1.55. The second-order valence-corrected chi connectivity index (χ2v) is 4.76. The van der Waals surface area contributed by atoms with E-state index in [0.29, 0.717) is 0 Å². The zero-order valence-electron chi connectivity index (χ0n) is 8.26. The summed E-state index contributed by atoms with van der Waals surface area (Å²) in [6.45, 7) is 2.51. The van der Waals surface area contributed by atoms with Crippen molar-refractivity contribution in [3.8, 4) is 0 Å². The van der Waals surface area contributed by atoms with E-state index < -0.39 is 28.8 Å². The van der Waals surface area contributed by atoms with Gasteiger partial charge in [-0.25, -0.2) is 9.59 Å². The van der Waals surface area contributed by atoms with Crippen LogP contribution in [-0.2, 0) is 14.4 Å². The predicted octanol–water partition coefficient (Wildman–Crippen LogP) is -1.08. The normalized spacial score (nSPS) is 28.4. The number of amides is 1. The van der Waals surface area contributed by atoms with Crippen molar-refractivity contribution in [2.45, 2.75) is 24.8 Å². The number of thioether (sulfide) groups is 1. The van der Waals surface area contributed by atoms with Crippen molar-refractivity contribution in [3.63, 3.8) is 0 Å². The van der Waals surface area contributed by atoms with Crippen LogP contribution in [0.15, 0.2) is 0 Å². The zero-order chi connectivity index (χ0) is 11.8. The third-order valence-corrected chi connectivity index (χ3v) is 3.73. The predicted molar refractivity (Wildman–Crippen MR) is 61.0 cm³/mol. The standard InChI is InChI=1S/C8H11NO5S.Ca.2H/c1-4(10)9-5(6(11)12)3-15-8(9,2)7(13)14;;;/h5H,3H2,1-2H3,(H,11,12)(H,13,14);;;. The first-order valence-electron chi connectivity index (χ1n) is 4.20. The van der Waals surface area contributed by atoms with Crippen LogP contribution in [-0.4, -0.2) is 87.4 Å². The Bertz CT molecular complexity index is 336. The van der Waals surface area contributed by atoms with E-state index in [-0.39, 0.29) is 43.5 Å². The molecular weight excluding hydrogens is 262 g/mol. The topological polar surface area (TPSA) is 94.9 Å². The number of carboxylic acid groups (broad SMARTS) is 2. The van der Waals surface area contributed by atoms with Crippen molar-refractivity contribution < 1.29 is 24.6 Å². The second kappa shape index (κ2) is 5.57. The van der Waals surface area contributed by atoms with E-state index in [1.165, 1.54) is 13.8 Å². The van der Waals surface area contributed by atoms with Crippen LogP contribution in [0.4, 0.5) is 0 Å². The summed E-state index contributed by atoms with van der Waals surface area (Å²) < 4.78 is 0. The number of carboxylic acids is 2. The van der Waals surface area contributed by atoms with Gasteiger partial charge in [0.15, 0.2) is 4.87 Å². The van der Waals surface area contributed by atoms with Crippen LogP contribution in [0.1, 0.15) is 13.8 Å². The van der Waals surface area contributed by atoms with E-state index >= 15 is 0 Å². The van der Waals surface area contributed by atoms with E-state index in [4.69, 9.17) is 10.2 Å². The first-order valence-corrected chi connectivity index (χ1v) is 5.19. The molecule has 1 saturated heterocycles. The first kappa shape index (κ1) is 16.0. The molecule has 2 unspecified atom stereocenters. The van der Waals surface area contributed by atoms with Gasteiger partial charge >= 0.3 is 49.7 Å². The molecule has 2 atom stereocenters. The molecule has 1 aliphatic heterocycles. The van der Waals surface area contributed by atoms with E-state index in [1.54, 1.807) is 0 Å². The Morgan fingerprint density at radius 3 is 2.19 bits per heavy atom. The van der Waals surface area contributed by atoms with Gasteiger partial charge in [-0.1, -0.05) is 0 Å². The van der Waals surface area contributed by atoms with E-state index in [1.807, 2.05) is 0 Å². The summed E-state index contributed by atoms with van der Waals surface area (Å²) in [6, 6.07) is -1.06. The molecule has 1 rings (SSSR count). The maximum atomic E-state index is 11.3. The van der Waals surface area contributed by atoms with Crippen molar-refractivity contribution in [3.05, 3.63) is 0 Å². The van der Waals surface area contributed by atoms with Crippen LogP contribution in [0.5, 0.6) is 0 Å². The van der Waals surface area contributed by atoms with Crippen molar-refractivity contribution in [1.82, 2.24) is 4.90 Å². The number of rotatable bonds is 2. The second-order valence-electron chi connectivity index (χ2n) is 3.34. The van der Waals surface area contributed by atoms with Gasteiger partial charge in [-0.05, 0) is 6.92 Å². The molecule has 0 aromatic carbocycles. The molecule has 1 heterocycles. The van der Waals surface area contributed by atoms with Gasteiger partial charge in [-0.15, -0.1) is 11.8 Å². The fraction of sp³-hybridized carbons (Fsp3) is 0.625. The van der Waals surface area contributed by atoms with Crippen LogP contribution < -0.4 is 0 Å². The minimum absolute atomic E-state index is 0. The average molecular weight is 275 g/mol. The van der Waals surface area contributed by atoms with E-state index in [9.17, 15) is 14.4 Å². The number of hydrogen-bond acceptors (Lipinski definition) is 4. The number of hydrogen-bond donors (Lipinski definition) is 2. The number of nitrogens with zero attached hydrogens (tertiary/aromatic N) is 1. The number of carbonyl (C=O) groups excluding carboxylic acids is 1. The summed E-state index contributed by atoms with van der Waals surface area (Å²) in [4.78, 5) is 32.5. The Labute approximate surface area is 126 Å². The van der Waals surface area contributed by atoms with Crippen LogP contribution in [0.2, 0.25) is 0 Å². The summed E-state index contributed by atoms with van der Waals surface area (Å²) in [5.74, 6) is -2.83. The Balaban J connectivity index is 0.00000225. The average Bonchev–Trinajstić information content (AvgIpc) is 2.44. The van der Waals surface area contributed by atoms with Gasteiger partial charge in [0.1, 0.15) is 6.04 Å². The van der Waals surface area contributed by atoms with Gasteiger partial charge in [0, 0.05) is 12.7 Å². The van der Waals surface area contributed by atoms with Gasteiger partial charge in [0.2, 0.25) is 5.91 Å². The monoisotopic (exact) mass is 275 g/mol. The Hall–Kier alpha value is 0.0197. The van der Waals surface area contributed by atoms with Crippen molar-refractivity contribution in [2.75, 3.05) is 5.75 Å². The Morgan fingerprint density at radius 2 is 1.88 bits per heavy atom. The molecule has 0 radical (unpaired) electrons. The van der Waals surface area contributed by atoms with Crippen LogP contribution in [0, 0.1) is 0 Å². The molecule has 6 nitrogen and oxygen atoms in total. The van der Waals surface area contributed by atoms with E-state index in [2.05, 4.69) is 0 Å². The quantitative estimate of drug-likeness (QED) is 0.622. The first-order chi connectivity index (χ1) is 6.80. The number of aliphatic carboxylic acids is 2. The molecule has 88 valence electrons. The van der Waals surface area contributed by atoms with Gasteiger partial charge < -0.3 is 15.1 Å². The molecule has 0 saturated carbocycles. The molecule has 8 heteroatoms. The summed E-state index contributed by atoms with van der Waals surface area (Å²) >= 11 is 0.950. The third kappa shape index (κ3) is 2.64. The summed E-state index contributed by atoms with van der Waals surface area (Å²) in [5.41, 5.74) is 0. The van der Waals surface area contributed by atoms with Crippen molar-refractivity contribution in [1.29, 1.82) is 0 Å². The van der Waals surface area contributed by atoms with E-state index in [0.717, 1.165) is 16.7 Å². The van der Waals surface area contributed by atoms with Crippen LogP contribution in [0.3, 0.4) is 0 Å². The maximum absolute atomic E-state index is 11.3. The van der Waals surface area contributed by atoms with Gasteiger partial charge in [0.05, 0.1) is 0 Å². The molecule has 2 N–H and O–H groups in total. The Morgan fingerprint density at radius 1 is 1.38 bits per heavy atom. The fourth-order valence-corrected chi connectivity index (χ4v) is 2.84. The van der Waals surface area contributed by atoms with Gasteiger partial charge in [0.25, 0.3) is 0 Å². The van der Waals surface area contributed by atoms with Crippen molar-refractivity contribution in [2.24, 2.45) is 0 Å².